The third-order valence-electron chi connectivity index (χ3n) is 3.14. The van der Waals surface area contributed by atoms with Crippen LogP contribution in [-0.2, 0) is 4.79 Å². The van der Waals surface area contributed by atoms with Crippen LogP contribution in [0.3, 0.4) is 0 Å². The molecule has 1 fully saturated rings. The Morgan fingerprint density at radius 1 is 1.47 bits per heavy atom. The van der Waals surface area contributed by atoms with Crippen LogP contribution in [0.15, 0.2) is 0 Å². The van der Waals surface area contributed by atoms with Crippen LogP contribution in [-0.4, -0.2) is 29.2 Å². The van der Waals surface area contributed by atoms with Gasteiger partial charge in [-0.15, -0.1) is 0 Å². The Morgan fingerprint density at radius 2 is 2.07 bits per heavy atom. The van der Waals surface area contributed by atoms with Crippen LogP contribution in [0.25, 0.3) is 0 Å². The van der Waals surface area contributed by atoms with Crippen molar-refractivity contribution in [2.24, 2.45) is 5.73 Å². The third-order valence-corrected chi connectivity index (χ3v) is 3.14. The maximum Gasteiger partial charge on any atom is 0.240 e. The van der Waals surface area contributed by atoms with Crippen molar-refractivity contribution in [3.8, 4) is 0 Å². The van der Waals surface area contributed by atoms with Crippen molar-refractivity contribution in [3.05, 3.63) is 0 Å². The lowest BCUT2D eigenvalue weighted by Crippen LogP contribution is -2.56. The molecule has 1 aliphatic rings. The minimum absolute atomic E-state index is 0.00449. The van der Waals surface area contributed by atoms with Crippen molar-refractivity contribution in [1.29, 1.82) is 0 Å². The van der Waals surface area contributed by atoms with Gasteiger partial charge in [0, 0.05) is 12.6 Å². The highest BCUT2D eigenvalue weighted by Gasteiger charge is 2.35. The van der Waals surface area contributed by atoms with Gasteiger partial charge in [0.25, 0.3) is 0 Å². The molecule has 0 saturated heterocycles. The summed E-state index contributed by atoms with van der Waals surface area (Å²) in [7, 11) is 0. The molecule has 1 atom stereocenters. The zero-order chi connectivity index (χ0) is 11.3. The summed E-state index contributed by atoms with van der Waals surface area (Å²) in [4.78, 5) is 11.9. The maximum absolute atomic E-state index is 11.9. The number of aliphatic hydroxyl groups excluding tert-OH is 1. The second-order valence-electron chi connectivity index (χ2n) is 4.60. The van der Waals surface area contributed by atoms with E-state index in [2.05, 4.69) is 5.32 Å². The van der Waals surface area contributed by atoms with Gasteiger partial charge in [-0.1, -0.05) is 19.3 Å². The van der Waals surface area contributed by atoms with Crippen molar-refractivity contribution in [2.75, 3.05) is 6.61 Å². The third kappa shape index (κ3) is 3.47. The van der Waals surface area contributed by atoms with E-state index in [0.717, 1.165) is 25.7 Å². The first kappa shape index (κ1) is 12.5. The lowest BCUT2D eigenvalue weighted by Gasteiger charge is -2.32. The molecule has 4 heteroatoms. The summed E-state index contributed by atoms with van der Waals surface area (Å²) in [6.45, 7) is 1.99. The number of hydrogen-bond acceptors (Lipinski definition) is 3. The Hall–Kier alpha value is -0.610. The first-order valence-corrected chi connectivity index (χ1v) is 5.79. The van der Waals surface area contributed by atoms with E-state index in [0.29, 0.717) is 6.42 Å². The van der Waals surface area contributed by atoms with Gasteiger partial charge in [0.05, 0.1) is 5.54 Å². The van der Waals surface area contributed by atoms with E-state index in [1.807, 2.05) is 6.92 Å². The van der Waals surface area contributed by atoms with E-state index >= 15 is 0 Å². The average molecular weight is 214 g/mol. The zero-order valence-corrected chi connectivity index (χ0v) is 9.46. The largest absolute Gasteiger partial charge is 0.396 e. The minimum Gasteiger partial charge on any atom is -0.396 e. The molecule has 0 aliphatic heterocycles. The molecule has 1 saturated carbocycles. The van der Waals surface area contributed by atoms with E-state index in [1.165, 1.54) is 6.42 Å². The molecule has 0 heterocycles. The fourth-order valence-electron chi connectivity index (χ4n) is 2.04. The Morgan fingerprint density at radius 3 is 2.60 bits per heavy atom. The highest BCUT2D eigenvalue weighted by Crippen LogP contribution is 2.26. The fourth-order valence-corrected chi connectivity index (χ4v) is 2.04. The van der Waals surface area contributed by atoms with Gasteiger partial charge in [-0.3, -0.25) is 4.79 Å². The molecule has 88 valence electrons. The standard InChI is InChI=1S/C11H22N2O2/c1-9(5-8-14)13-10(15)11(12)6-3-2-4-7-11/h9,14H,2-8,12H2,1H3,(H,13,15). The predicted molar refractivity (Wildman–Crippen MR) is 59.3 cm³/mol. The average Bonchev–Trinajstić information content (AvgIpc) is 2.19. The number of carbonyl (C=O) groups is 1. The molecule has 1 amide bonds. The molecule has 1 aliphatic carbocycles. The molecule has 0 aromatic heterocycles. The van der Waals surface area contributed by atoms with Crippen LogP contribution in [0, 0.1) is 0 Å². The Labute approximate surface area is 91.2 Å². The lowest BCUT2D eigenvalue weighted by molar-refractivity contribution is -0.128. The van der Waals surface area contributed by atoms with E-state index in [-0.39, 0.29) is 18.6 Å². The zero-order valence-electron chi connectivity index (χ0n) is 9.46. The van der Waals surface area contributed by atoms with E-state index < -0.39 is 5.54 Å². The van der Waals surface area contributed by atoms with Gasteiger partial charge in [-0.2, -0.15) is 0 Å². The van der Waals surface area contributed by atoms with Crippen LogP contribution in [0.1, 0.15) is 45.4 Å². The quantitative estimate of drug-likeness (QED) is 0.639. The number of nitrogens with one attached hydrogen (secondary N) is 1. The van der Waals surface area contributed by atoms with Crippen LogP contribution in [0.2, 0.25) is 0 Å². The Balaban J connectivity index is 2.44. The maximum atomic E-state index is 11.9. The topological polar surface area (TPSA) is 75.3 Å². The fraction of sp³-hybridized carbons (Fsp3) is 0.909. The Kier molecular flexibility index (Phi) is 4.54. The summed E-state index contributed by atoms with van der Waals surface area (Å²) in [6.07, 6.45) is 5.41. The van der Waals surface area contributed by atoms with Gasteiger partial charge < -0.3 is 16.2 Å². The highest BCUT2D eigenvalue weighted by atomic mass is 16.3. The summed E-state index contributed by atoms with van der Waals surface area (Å²) in [5, 5.41) is 11.6. The number of carbonyl (C=O) groups excluding carboxylic acids is 1. The van der Waals surface area contributed by atoms with Gasteiger partial charge in [0.1, 0.15) is 0 Å². The Bertz CT molecular complexity index is 213. The second kappa shape index (κ2) is 5.47. The molecule has 1 unspecified atom stereocenters. The molecular weight excluding hydrogens is 192 g/mol. The summed E-state index contributed by atoms with van der Waals surface area (Å²) in [5.74, 6) is -0.0526. The molecule has 0 radical (unpaired) electrons. The molecule has 0 aromatic rings. The molecule has 0 bridgehead atoms. The number of amides is 1. The normalized spacial score (nSPS) is 22.1. The van der Waals surface area contributed by atoms with Crippen LogP contribution < -0.4 is 11.1 Å². The van der Waals surface area contributed by atoms with Crippen LogP contribution >= 0.6 is 0 Å². The van der Waals surface area contributed by atoms with Crippen molar-refractivity contribution in [3.63, 3.8) is 0 Å². The molecule has 1 rings (SSSR count). The van der Waals surface area contributed by atoms with Gasteiger partial charge in [-0.05, 0) is 26.2 Å². The summed E-state index contributed by atoms with van der Waals surface area (Å²) in [6, 6.07) is 0.00449. The van der Waals surface area contributed by atoms with Gasteiger partial charge >= 0.3 is 0 Å². The highest BCUT2D eigenvalue weighted by molar-refractivity contribution is 5.86. The van der Waals surface area contributed by atoms with Gasteiger partial charge in [0.2, 0.25) is 5.91 Å². The van der Waals surface area contributed by atoms with Gasteiger partial charge in [-0.25, -0.2) is 0 Å². The SMILES string of the molecule is CC(CCO)NC(=O)C1(N)CCCCC1. The molecular formula is C11H22N2O2. The summed E-state index contributed by atoms with van der Waals surface area (Å²) in [5.41, 5.74) is 5.41. The van der Waals surface area contributed by atoms with Crippen LogP contribution in [0.4, 0.5) is 0 Å². The molecule has 0 spiro atoms. The molecule has 0 aromatic carbocycles. The smallest absolute Gasteiger partial charge is 0.240 e. The minimum atomic E-state index is -0.665. The number of nitrogens with two attached hydrogens (primary N) is 1. The molecule has 4 nitrogen and oxygen atoms in total. The monoisotopic (exact) mass is 214 g/mol. The number of aliphatic hydroxyl groups is 1. The first-order chi connectivity index (χ1) is 7.08. The summed E-state index contributed by atoms with van der Waals surface area (Å²) < 4.78 is 0. The molecule has 15 heavy (non-hydrogen) atoms. The second-order valence-corrected chi connectivity index (χ2v) is 4.60. The lowest BCUT2D eigenvalue weighted by atomic mass is 9.82. The van der Waals surface area contributed by atoms with Crippen molar-refractivity contribution < 1.29 is 9.90 Å². The first-order valence-electron chi connectivity index (χ1n) is 5.79. The molecule has 4 N–H and O–H groups in total. The number of hydrogen-bond donors (Lipinski definition) is 3. The summed E-state index contributed by atoms with van der Waals surface area (Å²) >= 11 is 0. The van der Waals surface area contributed by atoms with E-state index in [4.69, 9.17) is 10.8 Å². The van der Waals surface area contributed by atoms with E-state index in [9.17, 15) is 4.79 Å². The number of rotatable bonds is 4. The van der Waals surface area contributed by atoms with Crippen molar-refractivity contribution in [1.82, 2.24) is 5.32 Å². The van der Waals surface area contributed by atoms with Crippen molar-refractivity contribution in [2.45, 2.75) is 57.0 Å². The van der Waals surface area contributed by atoms with Crippen molar-refractivity contribution >= 4 is 5.91 Å². The predicted octanol–water partition coefficient (Wildman–Crippen LogP) is 0.535. The van der Waals surface area contributed by atoms with Gasteiger partial charge in [0.15, 0.2) is 0 Å². The van der Waals surface area contributed by atoms with Crippen LogP contribution in [0.5, 0.6) is 0 Å². The van der Waals surface area contributed by atoms with E-state index in [1.54, 1.807) is 0 Å².